The van der Waals surface area contributed by atoms with Crippen molar-refractivity contribution in [1.29, 1.82) is 0 Å². The number of carbonyl (C=O) groups is 1. The molecule has 0 N–H and O–H groups in total. The Morgan fingerprint density at radius 1 is 1.06 bits per heavy atom. The van der Waals surface area contributed by atoms with Crippen molar-refractivity contribution in [3.63, 3.8) is 0 Å². The lowest BCUT2D eigenvalue weighted by atomic mass is 9.92. The molecule has 1 saturated carbocycles. The largest absolute Gasteiger partial charge is 0.492 e. The van der Waals surface area contributed by atoms with Crippen molar-refractivity contribution in [2.45, 2.75) is 73.7 Å². The predicted octanol–water partition coefficient (Wildman–Crippen LogP) is 4.80. The number of nitrogens with zero attached hydrogens (tertiary/aromatic N) is 3. The number of likely N-dealkylation sites (tertiary alicyclic amines) is 1. The van der Waals surface area contributed by atoms with E-state index in [0.29, 0.717) is 6.04 Å². The first-order chi connectivity index (χ1) is 17.1. The van der Waals surface area contributed by atoms with E-state index in [1.165, 1.54) is 67.8 Å². The highest BCUT2D eigenvalue weighted by atomic mass is 35.5. The molecule has 0 radical (unpaired) electrons. The Labute approximate surface area is 217 Å². The smallest absolute Gasteiger partial charge is 0.474 e. The van der Waals surface area contributed by atoms with Crippen LogP contribution in [0, 0.1) is 0 Å². The summed E-state index contributed by atoms with van der Waals surface area (Å²) >= 11 is 7.08. The molecule has 1 saturated heterocycles. The molecule has 1 atom stereocenters. The van der Waals surface area contributed by atoms with Gasteiger partial charge in [0.1, 0.15) is 6.10 Å². The number of halogens is 4. The Kier molecular flexibility index (Phi) is 8.65. The maximum atomic E-state index is 13.1. The highest BCUT2D eigenvalue weighted by molar-refractivity contribution is 8.03. The Bertz CT molecular complexity index is 1050. The topological polar surface area (TPSA) is 79.4 Å². The molecule has 2 fully saturated rings. The van der Waals surface area contributed by atoms with E-state index in [1.54, 1.807) is 0 Å². The zero-order valence-corrected chi connectivity index (χ0v) is 21.7. The molecule has 14 heteroatoms. The summed E-state index contributed by atoms with van der Waals surface area (Å²) in [5, 5.41) is 1.40. The fourth-order valence-corrected chi connectivity index (χ4v) is 7.43. The average molecular weight is 570 g/mol. The van der Waals surface area contributed by atoms with E-state index in [0.717, 1.165) is 42.1 Å². The first-order valence-corrected chi connectivity index (χ1v) is 14.4. The van der Waals surface area contributed by atoms with Crippen LogP contribution < -0.4 is 0 Å². The number of rotatable bonds is 7. The second kappa shape index (κ2) is 11.4. The minimum atomic E-state index is -5.41. The average Bonchev–Trinajstić information content (AvgIpc) is 3.22. The summed E-state index contributed by atoms with van der Waals surface area (Å²) < 4.78 is 71.9. The molecular weight excluding hydrogens is 543 g/mol. The van der Waals surface area contributed by atoms with Crippen LogP contribution in [0.3, 0.4) is 0 Å². The monoisotopic (exact) mass is 569 g/mol. The van der Waals surface area contributed by atoms with Crippen molar-refractivity contribution in [3.05, 3.63) is 41.6 Å². The van der Waals surface area contributed by atoms with Gasteiger partial charge in [0, 0.05) is 40.8 Å². The van der Waals surface area contributed by atoms with Crippen molar-refractivity contribution in [2.24, 2.45) is 0 Å². The van der Waals surface area contributed by atoms with E-state index < -0.39 is 27.7 Å². The van der Waals surface area contributed by atoms with Crippen molar-refractivity contribution < 1.29 is 36.0 Å². The summed E-state index contributed by atoms with van der Waals surface area (Å²) in [4.78, 5) is 18.1. The summed E-state index contributed by atoms with van der Waals surface area (Å²) in [5.74, 6) is -2.60. The molecule has 3 aliphatic rings. The number of sulfonamides is 1. The lowest BCUT2D eigenvalue weighted by Gasteiger charge is -2.39. The molecule has 0 aromatic heterocycles. The fourth-order valence-electron chi connectivity index (χ4n) is 4.56. The lowest BCUT2D eigenvalue weighted by molar-refractivity contribution is -0.226. The third-order valence-electron chi connectivity index (χ3n) is 6.41. The number of hydrogen-bond donors (Lipinski definition) is 0. The molecule has 2 aliphatic heterocycles. The molecule has 1 aromatic carbocycles. The molecule has 0 spiro atoms. The van der Waals surface area contributed by atoms with E-state index in [2.05, 4.69) is 9.74 Å². The highest BCUT2D eigenvalue weighted by Crippen LogP contribution is 2.40. The normalized spacial score (nSPS) is 23.1. The maximum absolute atomic E-state index is 13.1. The molecule has 1 aliphatic carbocycles. The van der Waals surface area contributed by atoms with Crippen LogP contribution in [-0.2, 0) is 24.4 Å². The number of carbonyl (C=O) groups excluding carboxylic acids is 1. The second-order valence-electron chi connectivity index (χ2n) is 8.82. The number of benzene rings is 1. The van der Waals surface area contributed by atoms with E-state index in [1.807, 2.05) is 0 Å². The predicted molar refractivity (Wildman–Crippen MR) is 127 cm³/mol. The van der Waals surface area contributed by atoms with Crippen LogP contribution in [0.2, 0.25) is 0 Å². The van der Waals surface area contributed by atoms with E-state index >= 15 is 0 Å². The molecule has 200 valence electrons. The van der Waals surface area contributed by atoms with Gasteiger partial charge < -0.3 is 14.5 Å². The molecule has 4 rings (SSSR count). The van der Waals surface area contributed by atoms with Crippen LogP contribution in [-0.4, -0.2) is 65.1 Å². The van der Waals surface area contributed by atoms with Crippen molar-refractivity contribution in [2.75, 3.05) is 13.1 Å². The first kappa shape index (κ1) is 27.4. The fraction of sp³-hybridized carbons (Fsp3) is 0.591. The summed E-state index contributed by atoms with van der Waals surface area (Å²) in [5.41, 5.74) is -1.54. The summed E-state index contributed by atoms with van der Waals surface area (Å²) in [7, 11) is -4.70. The number of thioether (sulfide) groups is 1. The van der Waals surface area contributed by atoms with Crippen molar-refractivity contribution in [3.8, 4) is 0 Å². The number of hydroxylamine groups is 1. The van der Waals surface area contributed by atoms with E-state index in [4.69, 9.17) is 16.5 Å². The first-order valence-electron chi connectivity index (χ1n) is 11.7. The van der Waals surface area contributed by atoms with Gasteiger partial charge in [-0.25, -0.2) is 17.6 Å². The number of ether oxygens (including phenoxy) is 1. The van der Waals surface area contributed by atoms with Gasteiger partial charge in [-0.1, -0.05) is 49.2 Å². The zero-order chi connectivity index (χ0) is 25.9. The molecule has 8 nitrogen and oxygen atoms in total. The van der Waals surface area contributed by atoms with Gasteiger partial charge in [0.05, 0.1) is 4.90 Å². The minimum Gasteiger partial charge on any atom is -0.474 e. The lowest BCUT2D eigenvalue weighted by Crippen LogP contribution is -2.47. The Morgan fingerprint density at radius 3 is 2.31 bits per heavy atom. The zero-order valence-electron chi connectivity index (χ0n) is 19.3. The summed E-state index contributed by atoms with van der Waals surface area (Å²) in [6, 6.07) is 7.26. The van der Waals surface area contributed by atoms with Crippen LogP contribution >= 0.6 is 23.5 Å². The van der Waals surface area contributed by atoms with Crippen LogP contribution in [0.4, 0.5) is 13.2 Å². The van der Waals surface area contributed by atoms with Crippen LogP contribution in [0.5, 0.6) is 0 Å². The van der Waals surface area contributed by atoms with Crippen LogP contribution in [0.1, 0.15) is 44.9 Å². The van der Waals surface area contributed by atoms with E-state index in [-0.39, 0.29) is 21.4 Å². The minimum absolute atomic E-state index is 0.0334. The summed E-state index contributed by atoms with van der Waals surface area (Å²) in [6.45, 7) is 1.72. The highest BCUT2D eigenvalue weighted by Gasteiger charge is 2.49. The molecule has 1 unspecified atom stereocenters. The van der Waals surface area contributed by atoms with Crippen molar-refractivity contribution in [1.82, 2.24) is 13.8 Å². The van der Waals surface area contributed by atoms with Crippen LogP contribution in [0.25, 0.3) is 0 Å². The number of alkyl halides is 3. The van der Waals surface area contributed by atoms with Crippen LogP contribution in [0.15, 0.2) is 46.5 Å². The SMILES string of the molecule is O=C(ON(C1SC=C(OC2CCN(C3CCCCC3)CC2)N1Cl)S(=O)(=O)c1ccccc1)C(F)(F)F. The van der Waals surface area contributed by atoms with Gasteiger partial charge in [-0.15, -0.1) is 0 Å². The quantitative estimate of drug-likeness (QED) is 0.342. The molecular formula is C22H27ClF3N3O5S2. The Morgan fingerprint density at radius 2 is 1.69 bits per heavy atom. The van der Waals surface area contributed by atoms with Gasteiger partial charge in [0.15, 0.2) is 0 Å². The number of hydrogen-bond acceptors (Lipinski definition) is 8. The van der Waals surface area contributed by atoms with Gasteiger partial charge in [-0.3, -0.25) is 0 Å². The second-order valence-corrected chi connectivity index (χ2v) is 11.9. The molecule has 2 heterocycles. The van der Waals surface area contributed by atoms with Gasteiger partial charge in [-0.2, -0.15) is 13.2 Å². The summed E-state index contributed by atoms with van der Waals surface area (Å²) in [6.07, 6.45) is 2.05. The molecule has 0 bridgehead atoms. The van der Waals surface area contributed by atoms with Crippen molar-refractivity contribution >= 4 is 39.5 Å². The molecule has 0 amide bonds. The van der Waals surface area contributed by atoms with Gasteiger partial charge in [0.2, 0.25) is 11.4 Å². The molecule has 1 aromatic rings. The van der Waals surface area contributed by atoms with Gasteiger partial charge in [-0.05, 0) is 37.8 Å². The standard InChI is InChI=1S/C22H27ClF3N3O5S2/c23-28-19(33-17-11-13-27(14-12-17)16-7-3-1-4-8-16)15-35-21(28)29(34-20(30)22(24,25)26)36(31,32)18-9-5-2-6-10-18/h2,5-6,9-10,15-17,21H,1,3-4,7-8,11-14H2. The third-order valence-corrected chi connectivity index (χ3v) is 9.61. The maximum Gasteiger partial charge on any atom is 0.492 e. The third kappa shape index (κ3) is 6.24. The Balaban J connectivity index is 1.43. The van der Waals surface area contributed by atoms with E-state index in [9.17, 15) is 26.4 Å². The number of piperidine rings is 1. The Hall–Kier alpha value is -1.67. The van der Waals surface area contributed by atoms with Gasteiger partial charge >= 0.3 is 12.1 Å². The van der Waals surface area contributed by atoms with Gasteiger partial charge in [0.25, 0.3) is 10.0 Å². The molecule has 36 heavy (non-hydrogen) atoms.